The Morgan fingerprint density at radius 3 is 2.30 bits per heavy atom. The summed E-state index contributed by atoms with van der Waals surface area (Å²) in [6.07, 6.45) is 0. The summed E-state index contributed by atoms with van der Waals surface area (Å²) < 4.78 is 1.73. The maximum absolute atomic E-state index is 12.6. The zero-order chi connectivity index (χ0) is 14.9. The number of rotatable bonds is 4. The molecular formula is C17H24N2O. The molecule has 0 aliphatic heterocycles. The van der Waals surface area contributed by atoms with Crippen molar-refractivity contribution in [2.45, 2.75) is 34.2 Å². The number of fused-ring (bicyclic) bond motifs is 1. The van der Waals surface area contributed by atoms with Gasteiger partial charge in [0, 0.05) is 11.9 Å². The highest BCUT2D eigenvalue weighted by molar-refractivity contribution is 5.83. The first-order valence-corrected chi connectivity index (χ1v) is 7.30. The summed E-state index contributed by atoms with van der Waals surface area (Å²) in [6.45, 7) is 9.49. The predicted molar refractivity (Wildman–Crippen MR) is 85.8 cm³/mol. The second kappa shape index (κ2) is 5.70. The largest absolute Gasteiger partial charge is 0.385 e. The first-order chi connectivity index (χ1) is 9.41. The molecule has 0 saturated carbocycles. The van der Waals surface area contributed by atoms with Crippen LogP contribution in [0.4, 0.5) is 5.82 Å². The molecular weight excluding hydrogens is 248 g/mol. The molecule has 0 atom stereocenters. The van der Waals surface area contributed by atoms with Gasteiger partial charge in [0.2, 0.25) is 0 Å². The molecule has 0 bridgehead atoms. The van der Waals surface area contributed by atoms with Crippen LogP contribution in [0.2, 0.25) is 0 Å². The molecule has 3 nitrogen and oxygen atoms in total. The van der Waals surface area contributed by atoms with E-state index in [1.165, 1.54) is 0 Å². The van der Waals surface area contributed by atoms with E-state index in [4.69, 9.17) is 5.73 Å². The van der Waals surface area contributed by atoms with Crippen molar-refractivity contribution in [3.8, 4) is 0 Å². The fourth-order valence-electron chi connectivity index (χ4n) is 2.91. The van der Waals surface area contributed by atoms with E-state index in [-0.39, 0.29) is 5.56 Å². The lowest BCUT2D eigenvalue weighted by Crippen LogP contribution is -2.30. The third-order valence-corrected chi connectivity index (χ3v) is 4.16. The number of aromatic nitrogens is 1. The van der Waals surface area contributed by atoms with Crippen LogP contribution in [0, 0.1) is 17.8 Å². The summed E-state index contributed by atoms with van der Waals surface area (Å²) in [5, 5.41) is 1.66. The van der Waals surface area contributed by atoms with Gasteiger partial charge in [0.15, 0.2) is 0 Å². The molecule has 0 aliphatic carbocycles. The van der Waals surface area contributed by atoms with Crippen LogP contribution in [-0.4, -0.2) is 4.57 Å². The molecule has 0 amide bonds. The number of hydrogen-bond acceptors (Lipinski definition) is 2. The molecule has 1 heterocycles. The third-order valence-electron chi connectivity index (χ3n) is 4.16. The molecule has 2 N–H and O–H groups in total. The van der Waals surface area contributed by atoms with Crippen molar-refractivity contribution in [3.63, 3.8) is 0 Å². The van der Waals surface area contributed by atoms with E-state index >= 15 is 0 Å². The normalized spacial score (nSPS) is 11.9. The highest BCUT2D eigenvalue weighted by Crippen LogP contribution is 2.24. The summed E-state index contributed by atoms with van der Waals surface area (Å²) in [5.41, 5.74) is 6.12. The van der Waals surface area contributed by atoms with E-state index in [1.54, 1.807) is 4.57 Å². The Bertz CT molecular complexity index is 648. The van der Waals surface area contributed by atoms with Crippen molar-refractivity contribution in [2.75, 3.05) is 5.73 Å². The number of anilines is 1. The molecule has 0 spiro atoms. The monoisotopic (exact) mass is 272 g/mol. The number of nitrogens with two attached hydrogens (primary N) is 1. The number of nitrogen functional groups attached to an aromatic ring is 1. The molecule has 1 aromatic heterocycles. The smallest absolute Gasteiger partial charge is 0.259 e. The minimum Gasteiger partial charge on any atom is -0.385 e. The quantitative estimate of drug-likeness (QED) is 0.925. The Labute approximate surface area is 120 Å². The van der Waals surface area contributed by atoms with Crippen LogP contribution in [0.25, 0.3) is 10.8 Å². The van der Waals surface area contributed by atoms with Crippen LogP contribution >= 0.6 is 0 Å². The van der Waals surface area contributed by atoms with Gasteiger partial charge in [-0.15, -0.1) is 0 Å². The summed E-state index contributed by atoms with van der Waals surface area (Å²) in [5.74, 6) is 2.04. The maximum Gasteiger partial charge on any atom is 0.259 e. The van der Waals surface area contributed by atoms with Gasteiger partial charge in [0.25, 0.3) is 5.56 Å². The standard InChI is InChI=1S/C17H24N2O/c1-11(2)15(12(3)4)10-19-16(18)9-13-7-5-6-8-14(13)17(19)20/h5-9,11-12,15H,10,18H2,1-4H3. The van der Waals surface area contributed by atoms with Gasteiger partial charge in [0.1, 0.15) is 5.82 Å². The molecule has 0 unspecified atom stereocenters. The SMILES string of the molecule is CC(C)C(Cn1c(N)cc2ccccc2c1=O)C(C)C. The van der Waals surface area contributed by atoms with E-state index < -0.39 is 0 Å². The van der Waals surface area contributed by atoms with Gasteiger partial charge in [-0.2, -0.15) is 0 Å². The van der Waals surface area contributed by atoms with Crippen molar-refractivity contribution in [3.05, 3.63) is 40.7 Å². The number of pyridine rings is 1. The van der Waals surface area contributed by atoms with Crippen LogP contribution in [0.1, 0.15) is 27.7 Å². The first kappa shape index (κ1) is 14.6. The predicted octanol–water partition coefficient (Wildman–Crippen LogP) is 3.51. The average molecular weight is 272 g/mol. The highest BCUT2D eigenvalue weighted by Gasteiger charge is 2.20. The number of benzene rings is 1. The van der Waals surface area contributed by atoms with E-state index in [2.05, 4.69) is 27.7 Å². The Morgan fingerprint density at radius 2 is 1.70 bits per heavy atom. The molecule has 2 rings (SSSR count). The summed E-state index contributed by atoms with van der Waals surface area (Å²) in [6, 6.07) is 9.52. The van der Waals surface area contributed by atoms with Crippen molar-refractivity contribution in [2.24, 2.45) is 17.8 Å². The van der Waals surface area contributed by atoms with Gasteiger partial charge in [0.05, 0.1) is 0 Å². The van der Waals surface area contributed by atoms with Gasteiger partial charge < -0.3 is 5.73 Å². The van der Waals surface area contributed by atoms with Crippen molar-refractivity contribution < 1.29 is 0 Å². The molecule has 0 saturated heterocycles. The maximum atomic E-state index is 12.6. The van der Waals surface area contributed by atoms with Crippen molar-refractivity contribution >= 4 is 16.6 Å². The lowest BCUT2D eigenvalue weighted by Gasteiger charge is -2.26. The van der Waals surface area contributed by atoms with Gasteiger partial charge in [-0.1, -0.05) is 45.9 Å². The van der Waals surface area contributed by atoms with Gasteiger partial charge in [-0.3, -0.25) is 9.36 Å². The second-order valence-corrected chi connectivity index (χ2v) is 6.22. The third kappa shape index (κ3) is 2.72. The van der Waals surface area contributed by atoms with E-state index in [9.17, 15) is 4.79 Å². The number of nitrogens with zero attached hydrogens (tertiary/aromatic N) is 1. The van der Waals surface area contributed by atoms with Crippen LogP contribution < -0.4 is 11.3 Å². The highest BCUT2D eigenvalue weighted by atomic mass is 16.1. The van der Waals surface area contributed by atoms with Gasteiger partial charge >= 0.3 is 0 Å². The molecule has 0 radical (unpaired) electrons. The van der Waals surface area contributed by atoms with Crippen LogP contribution in [-0.2, 0) is 6.54 Å². The molecule has 0 fully saturated rings. The molecule has 1 aromatic carbocycles. The first-order valence-electron chi connectivity index (χ1n) is 7.30. The minimum absolute atomic E-state index is 0.0203. The zero-order valence-corrected chi connectivity index (χ0v) is 12.8. The Balaban J connectivity index is 2.52. The molecule has 3 heteroatoms. The van der Waals surface area contributed by atoms with Gasteiger partial charge in [-0.25, -0.2) is 0 Å². The van der Waals surface area contributed by atoms with E-state index in [0.717, 1.165) is 10.8 Å². The van der Waals surface area contributed by atoms with E-state index in [0.29, 0.717) is 30.1 Å². The molecule has 2 aromatic rings. The zero-order valence-electron chi connectivity index (χ0n) is 12.8. The topological polar surface area (TPSA) is 48.0 Å². The fraction of sp³-hybridized carbons (Fsp3) is 0.471. The number of hydrogen-bond donors (Lipinski definition) is 1. The summed E-state index contributed by atoms with van der Waals surface area (Å²) in [7, 11) is 0. The fourth-order valence-corrected chi connectivity index (χ4v) is 2.91. The van der Waals surface area contributed by atoms with Gasteiger partial charge in [-0.05, 0) is 35.3 Å². The van der Waals surface area contributed by atoms with Crippen molar-refractivity contribution in [1.29, 1.82) is 0 Å². The van der Waals surface area contributed by atoms with E-state index in [1.807, 2.05) is 30.3 Å². The minimum atomic E-state index is 0.0203. The molecule has 0 aliphatic rings. The van der Waals surface area contributed by atoms with Crippen LogP contribution in [0.5, 0.6) is 0 Å². The second-order valence-electron chi connectivity index (χ2n) is 6.22. The van der Waals surface area contributed by atoms with Crippen molar-refractivity contribution in [1.82, 2.24) is 4.57 Å². The average Bonchev–Trinajstić information content (AvgIpc) is 2.37. The van der Waals surface area contributed by atoms with Crippen LogP contribution in [0.15, 0.2) is 35.1 Å². The Morgan fingerprint density at radius 1 is 1.10 bits per heavy atom. The Kier molecular flexibility index (Phi) is 4.17. The summed E-state index contributed by atoms with van der Waals surface area (Å²) >= 11 is 0. The lowest BCUT2D eigenvalue weighted by atomic mass is 9.85. The lowest BCUT2D eigenvalue weighted by molar-refractivity contribution is 0.251. The van der Waals surface area contributed by atoms with Crippen LogP contribution in [0.3, 0.4) is 0 Å². The molecule has 108 valence electrons. The molecule has 20 heavy (non-hydrogen) atoms. The summed E-state index contributed by atoms with van der Waals surface area (Å²) in [4.78, 5) is 12.6. The Hall–Kier alpha value is -1.77.